The van der Waals surface area contributed by atoms with Crippen molar-refractivity contribution in [1.82, 2.24) is 5.32 Å². The number of Topliss-reactive ketones (excluding diaryl/α,β-unsaturated/α-hetero) is 1. The molecule has 1 N–H and O–H groups in total. The molecule has 0 radical (unpaired) electrons. The van der Waals surface area contributed by atoms with Gasteiger partial charge in [0.15, 0.2) is 5.78 Å². The molecule has 0 saturated heterocycles. The van der Waals surface area contributed by atoms with Crippen LogP contribution in [0.5, 0.6) is 0 Å². The van der Waals surface area contributed by atoms with Crippen LogP contribution in [0.2, 0.25) is 0 Å². The van der Waals surface area contributed by atoms with Crippen molar-refractivity contribution in [2.45, 2.75) is 40.2 Å². The first-order chi connectivity index (χ1) is 16.3. The minimum absolute atomic E-state index is 0.000000000000000222. The highest BCUT2D eigenvalue weighted by atomic mass is 16.6. The minimum atomic E-state index is -0.496. The van der Waals surface area contributed by atoms with Gasteiger partial charge < -0.3 is 5.32 Å². The second-order valence-electron chi connectivity index (χ2n) is 7.93. The van der Waals surface area contributed by atoms with Gasteiger partial charge in [-0.2, -0.15) is 0 Å². The van der Waals surface area contributed by atoms with Crippen LogP contribution in [-0.2, 0) is 0 Å². The van der Waals surface area contributed by atoms with Crippen molar-refractivity contribution < 1.29 is 9.72 Å². The molecule has 0 aliphatic rings. The van der Waals surface area contributed by atoms with Crippen LogP contribution in [0, 0.1) is 17.0 Å². The molecule has 0 amide bonds. The molecule has 1 unspecified atom stereocenters. The lowest BCUT2D eigenvalue weighted by atomic mass is 10.0. The molecular formula is C29H32N2O3. The summed E-state index contributed by atoms with van der Waals surface area (Å²) in [6.07, 6.45) is 5.23. The maximum atomic E-state index is 10.8. The van der Waals surface area contributed by atoms with Crippen LogP contribution in [0.25, 0.3) is 11.8 Å². The Hall–Kier alpha value is -3.99. The number of hydrogen-bond donors (Lipinski definition) is 1. The second-order valence-corrected chi connectivity index (χ2v) is 7.93. The van der Waals surface area contributed by atoms with Gasteiger partial charge in [0.2, 0.25) is 0 Å². The summed E-state index contributed by atoms with van der Waals surface area (Å²) in [5.41, 5.74) is 6.43. The van der Waals surface area contributed by atoms with Crippen LogP contribution in [0.15, 0.2) is 85.5 Å². The Labute approximate surface area is 202 Å². The van der Waals surface area contributed by atoms with Gasteiger partial charge in [0.05, 0.1) is 11.0 Å². The van der Waals surface area contributed by atoms with E-state index >= 15 is 0 Å². The van der Waals surface area contributed by atoms with Gasteiger partial charge in [0.1, 0.15) is 0 Å². The van der Waals surface area contributed by atoms with E-state index in [-0.39, 0.29) is 11.5 Å². The van der Waals surface area contributed by atoms with E-state index in [1.807, 2.05) is 13.0 Å². The molecule has 0 aliphatic carbocycles. The van der Waals surface area contributed by atoms with Gasteiger partial charge in [-0.05, 0) is 67.6 Å². The van der Waals surface area contributed by atoms with E-state index in [0.717, 1.165) is 17.7 Å². The number of benzene rings is 3. The van der Waals surface area contributed by atoms with Gasteiger partial charge in [-0.3, -0.25) is 14.9 Å². The Morgan fingerprint density at radius 1 is 1.06 bits per heavy atom. The Bertz CT molecular complexity index is 1120. The fraction of sp³-hybridized carbons (Fsp3) is 0.207. The fourth-order valence-corrected chi connectivity index (χ4v) is 3.41. The minimum Gasteiger partial charge on any atom is -0.378 e. The number of nitrogens with one attached hydrogen (secondary N) is 1. The van der Waals surface area contributed by atoms with E-state index in [0.29, 0.717) is 11.6 Å². The third kappa shape index (κ3) is 7.55. The summed E-state index contributed by atoms with van der Waals surface area (Å²) in [6, 6.07) is 22.8. The highest BCUT2D eigenvalue weighted by Gasteiger charge is 2.10. The molecule has 0 aromatic heterocycles. The number of allylic oxidation sites excluding steroid dienone is 1. The lowest BCUT2D eigenvalue weighted by molar-refractivity contribution is -0.384. The quantitative estimate of drug-likeness (QED) is 0.216. The molecule has 0 bridgehead atoms. The maximum absolute atomic E-state index is 10.8. The van der Waals surface area contributed by atoms with Crippen molar-refractivity contribution in [2.24, 2.45) is 0 Å². The third-order valence-electron chi connectivity index (χ3n) is 5.42. The summed E-state index contributed by atoms with van der Waals surface area (Å²) < 4.78 is 0. The monoisotopic (exact) mass is 456 g/mol. The average molecular weight is 457 g/mol. The topological polar surface area (TPSA) is 72.2 Å². The van der Waals surface area contributed by atoms with Crippen molar-refractivity contribution in [3.05, 3.63) is 123 Å². The number of nitrogens with zero attached hydrogens (tertiary/aromatic N) is 1. The van der Waals surface area contributed by atoms with Gasteiger partial charge in [0, 0.05) is 23.4 Å². The zero-order valence-electron chi connectivity index (χ0n) is 20.2. The summed E-state index contributed by atoms with van der Waals surface area (Å²) in [6.45, 7) is 12.0. The number of hydrogen-bond acceptors (Lipinski definition) is 4. The Morgan fingerprint density at radius 2 is 1.68 bits per heavy atom. The molecule has 1 atom stereocenters. The number of non-ortho nitro benzene ring substituents is 1. The first kappa shape index (κ1) is 26.3. The van der Waals surface area contributed by atoms with Gasteiger partial charge in [-0.1, -0.05) is 68.1 Å². The molecular weight excluding hydrogens is 424 g/mol. The summed E-state index contributed by atoms with van der Waals surface area (Å²) in [5, 5.41) is 13.8. The molecule has 3 aromatic carbocycles. The number of carbonyl (C=O) groups excluding carboxylic acids is 1. The zero-order chi connectivity index (χ0) is 25.1. The number of ketones is 1. The molecule has 3 rings (SSSR count). The fourth-order valence-electron chi connectivity index (χ4n) is 3.41. The maximum Gasteiger partial charge on any atom is 0.269 e. The van der Waals surface area contributed by atoms with Gasteiger partial charge in [0.25, 0.3) is 5.69 Å². The lowest BCUT2D eigenvalue weighted by Crippen LogP contribution is -2.18. The van der Waals surface area contributed by atoms with E-state index in [9.17, 15) is 14.9 Å². The molecule has 0 spiro atoms. The van der Waals surface area contributed by atoms with Crippen LogP contribution in [0.1, 0.15) is 65.8 Å². The number of carbonyl (C=O) groups is 1. The van der Waals surface area contributed by atoms with Crippen LogP contribution in [0.3, 0.4) is 0 Å². The van der Waals surface area contributed by atoms with Crippen molar-refractivity contribution in [3.8, 4) is 0 Å². The third-order valence-corrected chi connectivity index (χ3v) is 5.42. The molecule has 5 heteroatoms. The van der Waals surface area contributed by atoms with Crippen LogP contribution >= 0.6 is 0 Å². The van der Waals surface area contributed by atoms with Crippen LogP contribution in [-0.4, -0.2) is 10.7 Å². The first-order valence-corrected chi connectivity index (χ1v) is 11.3. The Balaban J connectivity index is 0.000000287. The standard InChI is InChI=1S/C21H25N.C8H7NO3/c1-5-10-19-15-20(14-13-16(19)3)17(4)22-21(6-2)18-11-8-7-9-12-18;1-6(10)7-2-4-8(5-3-7)9(11)12/h5,7-15,21-22H,4,6H2,1-3H3;2-5H,1H3/b10-5-;. The van der Waals surface area contributed by atoms with Gasteiger partial charge in [-0.15, -0.1) is 0 Å². The van der Waals surface area contributed by atoms with E-state index in [2.05, 4.69) is 80.4 Å². The summed E-state index contributed by atoms with van der Waals surface area (Å²) in [4.78, 5) is 20.5. The van der Waals surface area contributed by atoms with Crippen molar-refractivity contribution in [1.29, 1.82) is 0 Å². The molecule has 0 heterocycles. The summed E-state index contributed by atoms with van der Waals surface area (Å²) >= 11 is 0. The number of rotatable bonds is 8. The van der Waals surface area contributed by atoms with Crippen molar-refractivity contribution in [3.63, 3.8) is 0 Å². The predicted octanol–water partition coefficient (Wildman–Crippen LogP) is 7.54. The van der Waals surface area contributed by atoms with E-state index in [1.165, 1.54) is 47.9 Å². The first-order valence-electron chi connectivity index (χ1n) is 11.3. The van der Waals surface area contributed by atoms with Crippen molar-refractivity contribution >= 4 is 23.2 Å². The molecule has 0 fully saturated rings. The molecule has 34 heavy (non-hydrogen) atoms. The zero-order valence-corrected chi connectivity index (χ0v) is 20.2. The molecule has 3 aromatic rings. The molecule has 0 aliphatic heterocycles. The Morgan fingerprint density at radius 3 is 2.21 bits per heavy atom. The SMILES string of the molecule is C=C(NC(CC)c1ccccc1)c1ccc(C)c(/C=C\C)c1.CC(=O)c1ccc([N+](=O)[O-])cc1. The Kier molecular flexibility index (Phi) is 9.96. The smallest absolute Gasteiger partial charge is 0.269 e. The van der Waals surface area contributed by atoms with Crippen LogP contribution in [0.4, 0.5) is 5.69 Å². The molecule has 176 valence electrons. The average Bonchev–Trinajstić information content (AvgIpc) is 2.84. The predicted molar refractivity (Wildman–Crippen MR) is 141 cm³/mol. The second kappa shape index (κ2) is 12.9. The number of nitro groups is 1. The summed E-state index contributed by atoms with van der Waals surface area (Å²) in [7, 11) is 0. The number of nitro benzene ring substituents is 1. The van der Waals surface area contributed by atoms with Crippen LogP contribution < -0.4 is 5.32 Å². The lowest BCUT2D eigenvalue weighted by Gasteiger charge is -2.21. The van der Waals surface area contributed by atoms with Gasteiger partial charge in [-0.25, -0.2) is 0 Å². The highest BCUT2D eigenvalue weighted by molar-refractivity contribution is 5.94. The largest absolute Gasteiger partial charge is 0.378 e. The van der Waals surface area contributed by atoms with E-state index < -0.39 is 4.92 Å². The summed E-state index contributed by atoms with van der Waals surface area (Å²) in [5.74, 6) is -0.0927. The molecule has 0 saturated carbocycles. The highest BCUT2D eigenvalue weighted by Crippen LogP contribution is 2.23. The van der Waals surface area contributed by atoms with Crippen molar-refractivity contribution in [2.75, 3.05) is 0 Å². The van der Waals surface area contributed by atoms with E-state index in [1.54, 1.807) is 0 Å². The number of aryl methyl sites for hydroxylation is 1. The molecule has 5 nitrogen and oxygen atoms in total. The normalized spacial score (nSPS) is 11.3. The van der Waals surface area contributed by atoms with E-state index in [4.69, 9.17) is 0 Å². The van der Waals surface area contributed by atoms with Gasteiger partial charge >= 0.3 is 0 Å².